The smallest absolute Gasteiger partial charge is 0.191 e. The van der Waals surface area contributed by atoms with Crippen molar-refractivity contribution in [1.29, 1.82) is 0 Å². The number of hydrogen-bond donors (Lipinski definition) is 2. The van der Waals surface area contributed by atoms with Crippen LogP contribution in [-0.2, 0) is 12.8 Å². The van der Waals surface area contributed by atoms with Crippen LogP contribution in [0, 0.1) is 0 Å². The van der Waals surface area contributed by atoms with Gasteiger partial charge in [0, 0.05) is 56.8 Å². The molecule has 2 N–H and O–H groups in total. The minimum Gasteiger partial charge on any atom is -0.356 e. The molecule has 6 heteroatoms. The van der Waals surface area contributed by atoms with Crippen LogP contribution in [0.3, 0.4) is 0 Å². The summed E-state index contributed by atoms with van der Waals surface area (Å²) in [6.45, 7) is 1.61. The summed E-state index contributed by atoms with van der Waals surface area (Å²) in [6.07, 6.45) is 5.38. The fourth-order valence-corrected chi connectivity index (χ4v) is 1.93. The van der Waals surface area contributed by atoms with Crippen LogP contribution < -0.4 is 10.6 Å². The van der Waals surface area contributed by atoms with Gasteiger partial charge in [0.1, 0.15) is 0 Å². The largest absolute Gasteiger partial charge is 0.356 e. The molecule has 22 heavy (non-hydrogen) atoms. The first-order chi connectivity index (χ1) is 10.4. The molecular formula is C16H22IN5. The minimum atomic E-state index is 0. The van der Waals surface area contributed by atoms with E-state index in [-0.39, 0.29) is 24.0 Å². The van der Waals surface area contributed by atoms with E-state index in [1.54, 1.807) is 7.05 Å². The van der Waals surface area contributed by atoms with E-state index >= 15 is 0 Å². The van der Waals surface area contributed by atoms with Crippen LogP contribution in [0.4, 0.5) is 0 Å². The highest BCUT2D eigenvalue weighted by atomic mass is 127. The lowest BCUT2D eigenvalue weighted by molar-refractivity contribution is 0.769. The van der Waals surface area contributed by atoms with Gasteiger partial charge in [-0.15, -0.1) is 24.0 Å². The van der Waals surface area contributed by atoms with Crippen molar-refractivity contribution in [2.24, 2.45) is 4.99 Å². The summed E-state index contributed by atoms with van der Waals surface area (Å²) >= 11 is 0. The number of nitrogens with zero attached hydrogens (tertiary/aromatic N) is 3. The summed E-state index contributed by atoms with van der Waals surface area (Å²) in [4.78, 5) is 12.8. The summed E-state index contributed by atoms with van der Waals surface area (Å²) in [5, 5.41) is 6.57. The van der Waals surface area contributed by atoms with E-state index in [4.69, 9.17) is 0 Å². The summed E-state index contributed by atoms with van der Waals surface area (Å²) in [5.74, 6) is 0.807. The molecule has 0 saturated carbocycles. The van der Waals surface area contributed by atoms with E-state index in [9.17, 15) is 0 Å². The average molecular weight is 411 g/mol. The molecule has 0 radical (unpaired) electrons. The number of rotatable bonds is 6. The lowest BCUT2D eigenvalue weighted by atomic mass is 10.2. The Morgan fingerprint density at radius 1 is 0.909 bits per heavy atom. The lowest BCUT2D eigenvalue weighted by Crippen LogP contribution is -2.39. The van der Waals surface area contributed by atoms with Crippen molar-refractivity contribution >= 4 is 29.9 Å². The summed E-state index contributed by atoms with van der Waals surface area (Å²) < 4.78 is 0. The van der Waals surface area contributed by atoms with Gasteiger partial charge in [0.05, 0.1) is 0 Å². The van der Waals surface area contributed by atoms with E-state index in [1.807, 2.05) is 48.8 Å². The summed E-state index contributed by atoms with van der Waals surface area (Å²) in [6, 6.07) is 11.9. The lowest BCUT2D eigenvalue weighted by Gasteiger charge is -2.11. The Labute approximate surface area is 148 Å². The number of aromatic nitrogens is 2. The van der Waals surface area contributed by atoms with E-state index in [0.29, 0.717) is 0 Å². The van der Waals surface area contributed by atoms with Gasteiger partial charge in [-0.2, -0.15) is 0 Å². The van der Waals surface area contributed by atoms with E-state index in [1.165, 1.54) is 0 Å². The standard InChI is InChI=1S/C16H21N5.HI/c1-17-16(20-12-8-14-6-2-4-10-18-14)21-13-9-15-7-3-5-11-19-15;/h2-7,10-11H,8-9,12-13H2,1H3,(H2,17,20,21);1H. The molecule has 0 unspecified atom stereocenters. The van der Waals surface area contributed by atoms with E-state index in [2.05, 4.69) is 25.6 Å². The molecule has 118 valence electrons. The minimum absolute atomic E-state index is 0. The molecule has 2 rings (SSSR count). The maximum Gasteiger partial charge on any atom is 0.191 e. The van der Waals surface area contributed by atoms with Gasteiger partial charge in [0.15, 0.2) is 5.96 Å². The molecule has 0 aliphatic heterocycles. The molecule has 2 aromatic heterocycles. The Balaban J connectivity index is 0.00000242. The third kappa shape index (κ3) is 6.84. The van der Waals surface area contributed by atoms with Crippen molar-refractivity contribution < 1.29 is 0 Å². The molecule has 2 heterocycles. The molecule has 0 aliphatic carbocycles. The Kier molecular flexibility index (Phi) is 9.13. The predicted molar refractivity (Wildman–Crippen MR) is 101 cm³/mol. The Morgan fingerprint density at radius 2 is 1.41 bits per heavy atom. The number of halogens is 1. The second kappa shape index (κ2) is 10.9. The van der Waals surface area contributed by atoms with Gasteiger partial charge in [0.25, 0.3) is 0 Å². The van der Waals surface area contributed by atoms with Crippen LogP contribution in [0.15, 0.2) is 53.8 Å². The molecule has 0 aromatic carbocycles. The highest BCUT2D eigenvalue weighted by Gasteiger charge is 1.99. The van der Waals surface area contributed by atoms with Gasteiger partial charge in [-0.1, -0.05) is 12.1 Å². The molecule has 0 fully saturated rings. The fraction of sp³-hybridized carbons (Fsp3) is 0.312. The van der Waals surface area contributed by atoms with Crippen molar-refractivity contribution in [2.75, 3.05) is 20.1 Å². The Morgan fingerprint density at radius 3 is 1.77 bits per heavy atom. The Hall–Kier alpha value is -1.70. The van der Waals surface area contributed by atoms with Crippen molar-refractivity contribution in [3.8, 4) is 0 Å². The number of nitrogens with one attached hydrogen (secondary N) is 2. The molecule has 0 saturated heterocycles. The molecule has 0 atom stereocenters. The molecule has 0 amide bonds. The van der Waals surface area contributed by atoms with Crippen molar-refractivity contribution in [3.05, 3.63) is 60.2 Å². The topological polar surface area (TPSA) is 62.2 Å². The molecule has 0 spiro atoms. The van der Waals surface area contributed by atoms with Crippen LogP contribution in [0.2, 0.25) is 0 Å². The number of guanidine groups is 1. The zero-order valence-corrected chi connectivity index (χ0v) is 15.0. The van der Waals surface area contributed by atoms with Gasteiger partial charge in [-0.25, -0.2) is 0 Å². The van der Waals surface area contributed by atoms with Gasteiger partial charge < -0.3 is 10.6 Å². The van der Waals surface area contributed by atoms with Crippen molar-refractivity contribution in [3.63, 3.8) is 0 Å². The van der Waals surface area contributed by atoms with Crippen LogP contribution >= 0.6 is 24.0 Å². The number of pyridine rings is 2. The first-order valence-corrected chi connectivity index (χ1v) is 7.13. The van der Waals surface area contributed by atoms with Crippen LogP contribution in [0.1, 0.15) is 11.4 Å². The monoisotopic (exact) mass is 411 g/mol. The van der Waals surface area contributed by atoms with Crippen LogP contribution in [0.25, 0.3) is 0 Å². The third-order valence-corrected chi connectivity index (χ3v) is 3.02. The first-order valence-electron chi connectivity index (χ1n) is 7.13. The molecule has 5 nitrogen and oxygen atoms in total. The maximum atomic E-state index is 4.29. The molecule has 0 aliphatic rings. The van der Waals surface area contributed by atoms with Gasteiger partial charge >= 0.3 is 0 Å². The number of aliphatic imine (C=N–C) groups is 1. The molecular weight excluding hydrogens is 389 g/mol. The quantitative estimate of drug-likeness (QED) is 0.434. The van der Waals surface area contributed by atoms with Crippen molar-refractivity contribution in [2.45, 2.75) is 12.8 Å². The molecule has 2 aromatic rings. The highest BCUT2D eigenvalue weighted by molar-refractivity contribution is 14.0. The first kappa shape index (κ1) is 18.3. The van der Waals surface area contributed by atoms with E-state index < -0.39 is 0 Å². The Bertz CT molecular complexity index is 497. The molecule has 0 bridgehead atoms. The second-order valence-corrected chi connectivity index (χ2v) is 4.57. The average Bonchev–Trinajstić information content (AvgIpc) is 2.55. The van der Waals surface area contributed by atoms with Crippen molar-refractivity contribution in [1.82, 2.24) is 20.6 Å². The normalized spacial score (nSPS) is 9.50. The summed E-state index contributed by atoms with van der Waals surface area (Å²) in [7, 11) is 1.77. The SMILES string of the molecule is CN=C(NCCc1ccccn1)NCCc1ccccn1.I. The van der Waals surface area contributed by atoms with E-state index in [0.717, 1.165) is 43.3 Å². The zero-order valence-electron chi connectivity index (χ0n) is 12.7. The predicted octanol–water partition coefficient (Wildman–Crippen LogP) is 2.04. The maximum absolute atomic E-state index is 4.29. The zero-order chi connectivity index (χ0) is 14.8. The third-order valence-electron chi connectivity index (χ3n) is 3.02. The van der Waals surface area contributed by atoms with Gasteiger partial charge in [0.2, 0.25) is 0 Å². The summed E-state index contributed by atoms with van der Waals surface area (Å²) in [5.41, 5.74) is 2.16. The van der Waals surface area contributed by atoms with Gasteiger partial charge in [-0.3, -0.25) is 15.0 Å². The second-order valence-electron chi connectivity index (χ2n) is 4.57. The van der Waals surface area contributed by atoms with Crippen LogP contribution in [0.5, 0.6) is 0 Å². The number of hydrogen-bond acceptors (Lipinski definition) is 3. The van der Waals surface area contributed by atoms with Gasteiger partial charge in [-0.05, 0) is 24.3 Å². The fourth-order valence-electron chi connectivity index (χ4n) is 1.93. The van der Waals surface area contributed by atoms with Crippen LogP contribution in [-0.4, -0.2) is 36.1 Å². The highest BCUT2D eigenvalue weighted by Crippen LogP contribution is 1.94.